The Kier molecular flexibility index (Phi) is 9.18. The van der Waals surface area contributed by atoms with Crippen LogP contribution >= 0.6 is 0 Å². The molecule has 0 fully saturated rings. The molecular formula is C22H25F3N2O3. The fraction of sp³-hybridized carbons (Fsp3) is 0.364. The molecule has 0 unspecified atom stereocenters. The van der Waals surface area contributed by atoms with Gasteiger partial charge in [-0.15, -0.1) is 13.2 Å². The molecule has 0 aliphatic heterocycles. The van der Waals surface area contributed by atoms with Crippen LogP contribution in [0, 0.1) is 0 Å². The van der Waals surface area contributed by atoms with E-state index in [2.05, 4.69) is 15.4 Å². The molecule has 2 aromatic carbocycles. The number of rotatable bonds is 11. The summed E-state index contributed by atoms with van der Waals surface area (Å²) in [5.41, 5.74) is 0.925. The van der Waals surface area contributed by atoms with Crippen molar-refractivity contribution in [2.24, 2.45) is 0 Å². The molecule has 2 aromatic rings. The average Bonchev–Trinajstić information content (AvgIpc) is 2.72. The molecular weight excluding hydrogens is 397 g/mol. The topological polar surface area (TPSA) is 67.4 Å². The Balaban J connectivity index is 1.51. The van der Waals surface area contributed by atoms with Crippen LogP contribution in [-0.4, -0.2) is 31.3 Å². The van der Waals surface area contributed by atoms with Crippen molar-refractivity contribution in [2.45, 2.75) is 38.5 Å². The van der Waals surface area contributed by atoms with Crippen LogP contribution in [0.5, 0.6) is 5.75 Å². The van der Waals surface area contributed by atoms with Crippen LogP contribution < -0.4 is 15.4 Å². The fourth-order valence-electron chi connectivity index (χ4n) is 2.79. The van der Waals surface area contributed by atoms with Crippen LogP contribution in [0.25, 0.3) is 0 Å². The number of ether oxygens (including phenoxy) is 1. The number of amides is 2. The summed E-state index contributed by atoms with van der Waals surface area (Å²) < 4.78 is 40.1. The van der Waals surface area contributed by atoms with E-state index in [0.29, 0.717) is 18.7 Å². The van der Waals surface area contributed by atoms with Crippen molar-refractivity contribution in [3.8, 4) is 5.75 Å². The van der Waals surface area contributed by atoms with Crippen LogP contribution in [0.15, 0.2) is 54.6 Å². The summed E-state index contributed by atoms with van der Waals surface area (Å²) in [7, 11) is 0. The minimum absolute atomic E-state index is 0.0729. The lowest BCUT2D eigenvalue weighted by Gasteiger charge is -2.09. The first-order valence-corrected chi connectivity index (χ1v) is 9.82. The predicted molar refractivity (Wildman–Crippen MR) is 107 cm³/mol. The Labute approximate surface area is 173 Å². The fourth-order valence-corrected chi connectivity index (χ4v) is 2.79. The number of benzene rings is 2. The zero-order chi connectivity index (χ0) is 21.8. The van der Waals surface area contributed by atoms with Crippen molar-refractivity contribution in [1.82, 2.24) is 10.6 Å². The zero-order valence-electron chi connectivity index (χ0n) is 16.5. The van der Waals surface area contributed by atoms with E-state index in [0.717, 1.165) is 44.2 Å². The first-order chi connectivity index (χ1) is 14.3. The van der Waals surface area contributed by atoms with E-state index < -0.39 is 6.36 Å². The maximum absolute atomic E-state index is 12.1. The van der Waals surface area contributed by atoms with Crippen molar-refractivity contribution < 1.29 is 27.5 Å². The van der Waals surface area contributed by atoms with E-state index in [9.17, 15) is 22.8 Å². The van der Waals surface area contributed by atoms with E-state index in [1.165, 1.54) is 12.1 Å². The summed E-state index contributed by atoms with van der Waals surface area (Å²) in [6.45, 7) is 1.11. The number of carbonyl (C=O) groups excluding carboxylic acids is 2. The maximum Gasteiger partial charge on any atom is 0.573 e. The zero-order valence-corrected chi connectivity index (χ0v) is 16.5. The minimum atomic E-state index is -4.75. The number of nitrogens with one attached hydrogen (secondary N) is 2. The molecule has 2 amide bonds. The molecule has 8 heteroatoms. The second-order valence-electron chi connectivity index (χ2n) is 6.72. The van der Waals surface area contributed by atoms with E-state index in [1.807, 2.05) is 18.2 Å². The largest absolute Gasteiger partial charge is 0.573 e. The van der Waals surface area contributed by atoms with Gasteiger partial charge < -0.3 is 15.4 Å². The Morgan fingerprint density at radius 1 is 0.700 bits per heavy atom. The normalized spacial score (nSPS) is 11.0. The third-order valence-corrected chi connectivity index (χ3v) is 4.31. The first kappa shape index (κ1) is 23.3. The van der Waals surface area contributed by atoms with Gasteiger partial charge in [-0.2, -0.15) is 0 Å². The highest BCUT2D eigenvalue weighted by molar-refractivity contribution is 5.94. The lowest BCUT2D eigenvalue weighted by atomic mass is 10.1. The average molecular weight is 422 g/mol. The van der Waals surface area contributed by atoms with Gasteiger partial charge in [0.2, 0.25) is 0 Å². The smallest absolute Gasteiger partial charge is 0.406 e. The molecule has 0 spiro atoms. The summed E-state index contributed by atoms with van der Waals surface area (Å²) in [5, 5.41) is 5.63. The first-order valence-electron chi connectivity index (χ1n) is 9.82. The van der Waals surface area contributed by atoms with E-state index in [4.69, 9.17) is 0 Å². The number of unbranched alkanes of at least 4 members (excludes halogenated alkanes) is 4. The van der Waals surface area contributed by atoms with Gasteiger partial charge in [-0.25, -0.2) is 0 Å². The molecule has 162 valence electrons. The second-order valence-corrected chi connectivity index (χ2v) is 6.72. The summed E-state index contributed by atoms with van der Waals surface area (Å²) in [5.74, 6) is -0.771. The van der Waals surface area contributed by atoms with E-state index in [1.54, 1.807) is 12.1 Å². The van der Waals surface area contributed by atoms with E-state index in [-0.39, 0.29) is 23.1 Å². The van der Waals surface area contributed by atoms with Crippen LogP contribution in [-0.2, 0) is 0 Å². The van der Waals surface area contributed by atoms with Gasteiger partial charge in [0.25, 0.3) is 11.8 Å². The number of hydrogen-bond donors (Lipinski definition) is 2. The second kappa shape index (κ2) is 11.8. The van der Waals surface area contributed by atoms with Gasteiger partial charge in [0.15, 0.2) is 0 Å². The van der Waals surface area contributed by atoms with Crippen molar-refractivity contribution >= 4 is 11.8 Å². The minimum Gasteiger partial charge on any atom is -0.406 e. The Hall–Kier alpha value is -3.03. The number of alkyl halides is 3. The standard InChI is InChI=1S/C22H25F3N2O3/c23-22(24,25)30-19-13-11-18(12-14-19)21(29)27-16-8-3-1-2-7-15-26-20(28)17-9-5-4-6-10-17/h4-6,9-14H,1-3,7-8,15-16H2,(H,26,28)(H,27,29). The van der Waals surface area contributed by atoms with Crippen LogP contribution in [0.2, 0.25) is 0 Å². The molecule has 0 heterocycles. The molecule has 0 aliphatic carbocycles. The van der Waals surface area contributed by atoms with Crippen molar-refractivity contribution in [3.05, 3.63) is 65.7 Å². The number of hydrogen-bond acceptors (Lipinski definition) is 3. The summed E-state index contributed by atoms with van der Waals surface area (Å²) in [6.07, 6.45) is -0.165. The summed E-state index contributed by atoms with van der Waals surface area (Å²) in [4.78, 5) is 23.9. The van der Waals surface area contributed by atoms with Gasteiger partial charge in [0.1, 0.15) is 5.75 Å². The molecule has 0 saturated carbocycles. The Bertz CT molecular complexity index is 794. The van der Waals surface area contributed by atoms with Gasteiger partial charge in [0.05, 0.1) is 0 Å². The summed E-state index contributed by atoms with van der Waals surface area (Å²) in [6, 6.07) is 13.9. The maximum atomic E-state index is 12.1. The van der Waals surface area contributed by atoms with Gasteiger partial charge in [0, 0.05) is 24.2 Å². The van der Waals surface area contributed by atoms with Gasteiger partial charge in [-0.1, -0.05) is 37.5 Å². The predicted octanol–water partition coefficient (Wildman–Crippen LogP) is 4.70. The summed E-state index contributed by atoms with van der Waals surface area (Å²) >= 11 is 0. The number of carbonyl (C=O) groups is 2. The molecule has 2 N–H and O–H groups in total. The van der Waals surface area contributed by atoms with Crippen LogP contribution in [0.1, 0.15) is 52.8 Å². The molecule has 0 aliphatic rings. The van der Waals surface area contributed by atoms with Crippen LogP contribution in [0.3, 0.4) is 0 Å². The van der Waals surface area contributed by atoms with Gasteiger partial charge in [-0.3, -0.25) is 9.59 Å². The lowest BCUT2D eigenvalue weighted by molar-refractivity contribution is -0.274. The van der Waals surface area contributed by atoms with Crippen molar-refractivity contribution in [2.75, 3.05) is 13.1 Å². The molecule has 5 nitrogen and oxygen atoms in total. The molecule has 0 aromatic heterocycles. The molecule has 2 rings (SSSR count). The van der Waals surface area contributed by atoms with Crippen molar-refractivity contribution in [1.29, 1.82) is 0 Å². The monoisotopic (exact) mass is 422 g/mol. The third kappa shape index (κ3) is 8.98. The Morgan fingerprint density at radius 2 is 1.17 bits per heavy atom. The van der Waals surface area contributed by atoms with Crippen LogP contribution in [0.4, 0.5) is 13.2 Å². The molecule has 30 heavy (non-hydrogen) atoms. The Morgan fingerprint density at radius 3 is 1.67 bits per heavy atom. The molecule has 0 bridgehead atoms. The van der Waals surface area contributed by atoms with E-state index >= 15 is 0 Å². The molecule has 0 radical (unpaired) electrons. The lowest BCUT2D eigenvalue weighted by Crippen LogP contribution is -2.24. The highest BCUT2D eigenvalue weighted by Gasteiger charge is 2.31. The van der Waals surface area contributed by atoms with Gasteiger partial charge >= 0.3 is 6.36 Å². The quantitative estimate of drug-likeness (QED) is 0.516. The van der Waals surface area contributed by atoms with Crippen molar-refractivity contribution in [3.63, 3.8) is 0 Å². The SMILES string of the molecule is O=C(NCCCCCCCNC(=O)c1ccc(OC(F)(F)F)cc1)c1ccccc1. The molecule has 0 saturated heterocycles. The highest BCUT2D eigenvalue weighted by Crippen LogP contribution is 2.22. The highest BCUT2D eigenvalue weighted by atomic mass is 19.4. The third-order valence-electron chi connectivity index (χ3n) is 4.31. The van der Waals surface area contributed by atoms with Gasteiger partial charge in [-0.05, 0) is 49.2 Å². The molecule has 0 atom stereocenters. The number of halogens is 3.